The van der Waals surface area contributed by atoms with Crippen LogP contribution < -0.4 is 10.1 Å². The van der Waals surface area contributed by atoms with Crippen LogP contribution in [0.25, 0.3) is 0 Å². The Morgan fingerprint density at radius 2 is 1.73 bits per heavy atom. The summed E-state index contributed by atoms with van der Waals surface area (Å²) in [6.45, 7) is 11.2. The number of rotatable bonds is 7. The third kappa shape index (κ3) is 6.87. The van der Waals surface area contributed by atoms with Crippen molar-refractivity contribution in [3.05, 3.63) is 65.0 Å². The van der Waals surface area contributed by atoms with Crippen molar-refractivity contribution >= 4 is 11.8 Å². The van der Waals surface area contributed by atoms with E-state index in [1.54, 1.807) is 19.1 Å². The average Bonchev–Trinajstić information content (AvgIpc) is 2.64. The summed E-state index contributed by atoms with van der Waals surface area (Å²) in [4.78, 5) is 27.2. The summed E-state index contributed by atoms with van der Waals surface area (Å²) in [7, 11) is 0. The number of carbonyl (C=O) groups is 2. The van der Waals surface area contributed by atoms with Gasteiger partial charge >= 0.3 is 0 Å². The molecular weight excluding hydrogens is 383 g/mol. The number of ether oxygens (including phenoxy) is 1. The molecule has 2 aromatic rings. The Morgan fingerprint density at radius 3 is 2.30 bits per heavy atom. The Hall–Kier alpha value is -2.89. The van der Waals surface area contributed by atoms with E-state index >= 15 is 0 Å². The standard InChI is InChI=1S/C24H31FN2O3/c1-16-7-12-21(17(2)13-16)30-15-22(28)27(14-19-8-10-20(25)11-9-19)18(3)23(29)26-24(4,5)6/h7-13,18H,14-15H2,1-6H3,(H,26,29)/t18-/m0/s1. The molecule has 1 atom stereocenters. The van der Waals surface area contributed by atoms with Crippen molar-refractivity contribution in [3.63, 3.8) is 0 Å². The molecule has 0 aromatic heterocycles. The molecule has 0 aliphatic carbocycles. The lowest BCUT2D eigenvalue weighted by atomic mass is 10.1. The highest BCUT2D eigenvalue weighted by Crippen LogP contribution is 2.19. The average molecular weight is 415 g/mol. The van der Waals surface area contributed by atoms with Gasteiger partial charge in [-0.1, -0.05) is 29.8 Å². The van der Waals surface area contributed by atoms with E-state index in [2.05, 4.69) is 5.32 Å². The van der Waals surface area contributed by atoms with Crippen LogP contribution in [0.2, 0.25) is 0 Å². The van der Waals surface area contributed by atoms with Gasteiger partial charge in [-0.25, -0.2) is 4.39 Å². The fraction of sp³-hybridized carbons (Fsp3) is 0.417. The van der Waals surface area contributed by atoms with Gasteiger partial charge < -0.3 is 15.0 Å². The monoisotopic (exact) mass is 414 g/mol. The molecule has 1 N–H and O–H groups in total. The van der Waals surface area contributed by atoms with Gasteiger partial charge in [-0.3, -0.25) is 9.59 Å². The minimum absolute atomic E-state index is 0.175. The third-order valence-corrected chi connectivity index (χ3v) is 4.61. The molecule has 0 aliphatic heterocycles. The van der Waals surface area contributed by atoms with Gasteiger partial charge in [0, 0.05) is 12.1 Å². The zero-order valence-corrected chi connectivity index (χ0v) is 18.6. The van der Waals surface area contributed by atoms with Crippen LogP contribution in [0.4, 0.5) is 4.39 Å². The van der Waals surface area contributed by atoms with Crippen LogP contribution in [0.1, 0.15) is 44.4 Å². The number of benzene rings is 2. The van der Waals surface area contributed by atoms with E-state index in [0.29, 0.717) is 5.75 Å². The quantitative estimate of drug-likeness (QED) is 0.740. The fourth-order valence-electron chi connectivity index (χ4n) is 3.03. The maximum absolute atomic E-state index is 13.3. The molecule has 0 heterocycles. The molecule has 0 unspecified atom stereocenters. The van der Waals surface area contributed by atoms with Crippen LogP contribution in [0.5, 0.6) is 5.75 Å². The molecule has 2 amide bonds. The van der Waals surface area contributed by atoms with Crippen LogP contribution >= 0.6 is 0 Å². The molecule has 6 heteroatoms. The normalized spacial score (nSPS) is 12.2. The molecule has 0 radical (unpaired) electrons. The van der Waals surface area contributed by atoms with Crippen molar-refractivity contribution < 1.29 is 18.7 Å². The van der Waals surface area contributed by atoms with Crippen molar-refractivity contribution in [2.24, 2.45) is 0 Å². The maximum atomic E-state index is 13.3. The molecule has 5 nitrogen and oxygen atoms in total. The maximum Gasteiger partial charge on any atom is 0.261 e. The number of carbonyl (C=O) groups excluding carboxylic acids is 2. The molecule has 0 saturated heterocycles. The predicted molar refractivity (Wildman–Crippen MR) is 116 cm³/mol. The Kier molecular flexibility index (Phi) is 7.59. The molecular formula is C24H31FN2O3. The van der Waals surface area contributed by atoms with Gasteiger partial charge in [-0.05, 0) is 70.9 Å². The minimum atomic E-state index is -0.718. The molecule has 0 aliphatic rings. The third-order valence-electron chi connectivity index (χ3n) is 4.61. The lowest BCUT2D eigenvalue weighted by Crippen LogP contribution is -2.53. The van der Waals surface area contributed by atoms with Gasteiger partial charge in [0.25, 0.3) is 5.91 Å². The molecule has 0 bridgehead atoms. The summed E-state index contributed by atoms with van der Waals surface area (Å²) in [5, 5.41) is 2.90. The van der Waals surface area contributed by atoms with Crippen LogP contribution in [-0.2, 0) is 16.1 Å². The number of nitrogens with zero attached hydrogens (tertiary/aromatic N) is 1. The highest BCUT2D eigenvalue weighted by Gasteiger charge is 2.28. The van der Waals surface area contributed by atoms with Crippen LogP contribution in [0.3, 0.4) is 0 Å². The Morgan fingerprint density at radius 1 is 1.10 bits per heavy atom. The van der Waals surface area contributed by atoms with Gasteiger partial charge in [-0.15, -0.1) is 0 Å². The lowest BCUT2D eigenvalue weighted by molar-refractivity contribution is -0.142. The molecule has 2 rings (SSSR count). The summed E-state index contributed by atoms with van der Waals surface area (Å²) in [6, 6.07) is 10.9. The smallest absolute Gasteiger partial charge is 0.261 e. The summed E-state index contributed by atoms with van der Waals surface area (Å²) in [5.41, 5.74) is 2.35. The highest BCUT2D eigenvalue weighted by atomic mass is 19.1. The van der Waals surface area contributed by atoms with Crippen molar-refractivity contribution in [1.82, 2.24) is 10.2 Å². The van der Waals surface area contributed by atoms with E-state index in [1.165, 1.54) is 17.0 Å². The first-order valence-electron chi connectivity index (χ1n) is 10.0. The second-order valence-corrected chi connectivity index (χ2v) is 8.62. The largest absolute Gasteiger partial charge is 0.483 e. The van der Waals surface area contributed by atoms with Gasteiger partial charge in [0.15, 0.2) is 6.61 Å². The van der Waals surface area contributed by atoms with Crippen molar-refractivity contribution in [3.8, 4) is 5.75 Å². The number of hydrogen-bond acceptors (Lipinski definition) is 3. The SMILES string of the molecule is Cc1ccc(OCC(=O)N(Cc2ccc(F)cc2)[C@@H](C)C(=O)NC(C)(C)C)c(C)c1. The zero-order chi connectivity index (χ0) is 22.5. The highest BCUT2D eigenvalue weighted by molar-refractivity contribution is 5.88. The topological polar surface area (TPSA) is 58.6 Å². The van der Waals surface area contributed by atoms with Crippen molar-refractivity contribution in [2.45, 2.75) is 59.7 Å². The Balaban J connectivity index is 2.18. The van der Waals surface area contributed by atoms with Gasteiger partial charge in [-0.2, -0.15) is 0 Å². The second-order valence-electron chi connectivity index (χ2n) is 8.62. The molecule has 0 fully saturated rings. The van der Waals surface area contributed by atoms with Crippen molar-refractivity contribution in [1.29, 1.82) is 0 Å². The number of aryl methyl sites for hydroxylation is 2. The van der Waals surface area contributed by atoms with Crippen LogP contribution in [0.15, 0.2) is 42.5 Å². The van der Waals surface area contributed by atoms with Gasteiger partial charge in [0.05, 0.1) is 0 Å². The minimum Gasteiger partial charge on any atom is -0.483 e. The van der Waals surface area contributed by atoms with Gasteiger partial charge in [0.2, 0.25) is 5.91 Å². The predicted octanol–water partition coefficient (Wildman–Crippen LogP) is 4.15. The first kappa shape index (κ1) is 23.4. The molecule has 0 saturated carbocycles. The Labute approximate surface area is 178 Å². The van der Waals surface area contributed by atoms with Crippen molar-refractivity contribution in [2.75, 3.05) is 6.61 Å². The number of amides is 2. The Bertz CT molecular complexity index is 888. The first-order chi connectivity index (χ1) is 14.0. The van der Waals surface area contributed by atoms with E-state index in [9.17, 15) is 14.0 Å². The summed E-state index contributed by atoms with van der Waals surface area (Å²) < 4.78 is 19.0. The van der Waals surface area contributed by atoms with Crippen LogP contribution in [0, 0.1) is 19.7 Å². The number of hydrogen-bond donors (Lipinski definition) is 1. The summed E-state index contributed by atoms with van der Waals surface area (Å²) in [6.07, 6.45) is 0. The number of halogens is 1. The number of nitrogens with one attached hydrogen (secondary N) is 1. The first-order valence-corrected chi connectivity index (χ1v) is 10.0. The molecule has 0 spiro atoms. The van der Waals surface area contributed by atoms with E-state index in [1.807, 2.05) is 52.8 Å². The van der Waals surface area contributed by atoms with E-state index in [-0.39, 0.29) is 30.8 Å². The molecule has 30 heavy (non-hydrogen) atoms. The second kappa shape index (κ2) is 9.74. The zero-order valence-electron chi connectivity index (χ0n) is 18.6. The van der Waals surface area contributed by atoms with Gasteiger partial charge in [0.1, 0.15) is 17.6 Å². The summed E-state index contributed by atoms with van der Waals surface area (Å²) >= 11 is 0. The summed E-state index contributed by atoms with van der Waals surface area (Å²) in [5.74, 6) is -0.309. The van der Waals surface area contributed by atoms with Crippen LogP contribution in [-0.4, -0.2) is 34.9 Å². The van der Waals surface area contributed by atoms with E-state index in [4.69, 9.17) is 4.74 Å². The molecule has 2 aromatic carbocycles. The van der Waals surface area contributed by atoms with E-state index in [0.717, 1.165) is 16.7 Å². The fourth-order valence-corrected chi connectivity index (χ4v) is 3.03. The van der Waals surface area contributed by atoms with E-state index < -0.39 is 11.6 Å². The lowest BCUT2D eigenvalue weighted by Gasteiger charge is -2.31. The molecule has 162 valence electrons.